The smallest absolute Gasteiger partial charge is 0.271 e. The molecule has 1 aliphatic heterocycles. The molecule has 220 valence electrons. The summed E-state index contributed by atoms with van der Waals surface area (Å²) >= 11 is 0. The van der Waals surface area contributed by atoms with Gasteiger partial charge in [0.2, 0.25) is 0 Å². The molecule has 2 aromatic heterocycles. The van der Waals surface area contributed by atoms with E-state index in [0.717, 1.165) is 10.4 Å². The van der Waals surface area contributed by atoms with Gasteiger partial charge in [-0.2, -0.15) is 5.43 Å². The van der Waals surface area contributed by atoms with Gasteiger partial charge in [0.1, 0.15) is 29.8 Å². The molecule has 1 aliphatic carbocycles. The Hall–Kier alpha value is -6.30. The highest BCUT2D eigenvalue weighted by Crippen LogP contribution is 2.33. The number of rotatable bonds is 8. The Kier molecular flexibility index (Phi) is 5.99. The van der Waals surface area contributed by atoms with E-state index < -0.39 is 21.4 Å². The van der Waals surface area contributed by atoms with Crippen molar-refractivity contribution in [2.45, 2.75) is 25.2 Å². The van der Waals surface area contributed by atoms with Crippen molar-refractivity contribution in [3.63, 3.8) is 0 Å². The lowest BCUT2D eigenvalue weighted by atomic mass is 10.0. The first-order chi connectivity index (χ1) is 21.2. The summed E-state index contributed by atoms with van der Waals surface area (Å²) in [5.74, 6) is -0.653. The summed E-state index contributed by atoms with van der Waals surface area (Å²) in [5.41, 5.74) is 9.99. The molecule has 7 rings (SSSR count). The van der Waals surface area contributed by atoms with E-state index >= 15 is 0 Å². The number of fused-ring (bicyclic) bond motifs is 3. The lowest BCUT2D eigenvalue weighted by molar-refractivity contribution is -0.384. The van der Waals surface area contributed by atoms with Crippen molar-refractivity contribution in [1.29, 1.82) is 0 Å². The molecule has 1 unspecified atom stereocenters. The summed E-state index contributed by atoms with van der Waals surface area (Å²) < 4.78 is 2.75. The monoisotopic (exact) mass is 596 g/mol. The van der Waals surface area contributed by atoms with Crippen molar-refractivity contribution >= 4 is 63.1 Å². The van der Waals surface area contributed by atoms with E-state index in [4.69, 9.17) is 0 Å². The number of carbonyl (C=O) groups excluding carboxylic acids is 2. The van der Waals surface area contributed by atoms with Crippen LogP contribution in [0.3, 0.4) is 0 Å². The molecule has 2 amide bonds. The van der Waals surface area contributed by atoms with Gasteiger partial charge >= 0.3 is 0 Å². The topological polar surface area (TPSA) is 231 Å². The van der Waals surface area contributed by atoms with Gasteiger partial charge < -0.3 is 0 Å². The van der Waals surface area contributed by atoms with E-state index in [2.05, 4.69) is 36.9 Å². The second-order valence-corrected chi connectivity index (χ2v) is 10.2. The van der Waals surface area contributed by atoms with Crippen LogP contribution in [-0.4, -0.2) is 62.3 Å². The van der Waals surface area contributed by atoms with Gasteiger partial charge in [0.15, 0.2) is 0 Å². The Bertz CT molecular complexity index is 2180. The van der Waals surface area contributed by atoms with Crippen LogP contribution in [0.5, 0.6) is 0 Å². The summed E-state index contributed by atoms with van der Waals surface area (Å²) in [6.07, 6.45) is 4.43. The van der Waals surface area contributed by atoms with Crippen molar-refractivity contribution in [3.8, 4) is 0 Å². The highest BCUT2D eigenvalue weighted by molar-refractivity contribution is 5.84. The lowest BCUT2D eigenvalue weighted by Gasteiger charge is -2.13. The molecule has 18 nitrogen and oxygen atoms in total. The number of hydrogen-bond donors (Lipinski definition) is 3. The summed E-state index contributed by atoms with van der Waals surface area (Å²) in [4.78, 5) is 46.5. The summed E-state index contributed by atoms with van der Waals surface area (Å²) in [7, 11) is 0. The number of carbonyl (C=O) groups is 2. The Balaban J connectivity index is 0.983. The highest BCUT2D eigenvalue weighted by Gasteiger charge is 2.53. The van der Waals surface area contributed by atoms with Crippen LogP contribution in [0.4, 0.5) is 17.1 Å². The fourth-order valence-electron chi connectivity index (χ4n) is 5.13. The molecule has 1 saturated heterocycles. The minimum atomic E-state index is -0.677. The van der Waals surface area contributed by atoms with Crippen molar-refractivity contribution < 1.29 is 19.4 Å². The van der Waals surface area contributed by atoms with E-state index in [1.165, 1.54) is 50.8 Å². The Morgan fingerprint density at radius 2 is 1.50 bits per heavy atom. The molecule has 18 heteroatoms. The number of nitrogens with one attached hydrogen (secondary N) is 3. The molecule has 5 aromatic rings. The average Bonchev–Trinajstić information content (AvgIpc) is 3.34. The molecule has 1 atom stereocenters. The molecule has 1 fully saturated rings. The van der Waals surface area contributed by atoms with Crippen LogP contribution in [0.25, 0.3) is 34.2 Å². The van der Waals surface area contributed by atoms with Gasteiger partial charge in [-0.1, -0.05) is 22.6 Å². The van der Waals surface area contributed by atoms with E-state index in [1.807, 2.05) is 24.3 Å². The second-order valence-electron chi connectivity index (χ2n) is 10.2. The van der Waals surface area contributed by atoms with E-state index in [-0.39, 0.29) is 30.4 Å². The van der Waals surface area contributed by atoms with Gasteiger partial charge in [-0.15, -0.1) is 10.2 Å². The summed E-state index contributed by atoms with van der Waals surface area (Å²) in [5, 5.41) is 41.0. The molecule has 3 heterocycles. The van der Waals surface area contributed by atoms with Crippen LogP contribution in [0.1, 0.15) is 6.42 Å². The maximum absolute atomic E-state index is 13.1. The number of hydrogen-bond acceptors (Lipinski definition) is 12. The fourth-order valence-corrected chi connectivity index (χ4v) is 5.13. The number of amides is 2. The SMILES string of the molecule is O=C(Cn1nnc2cc([N+](=O)[O-])ccc21)NNc1ccc2c(c1)=CCC1(C=2)NN1C(=O)Cn1nnc2cc([N+](=O)[O-])ccc21. The molecule has 0 bridgehead atoms. The Labute approximate surface area is 244 Å². The molecule has 0 saturated carbocycles. The predicted molar refractivity (Wildman–Crippen MR) is 152 cm³/mol. The molecule has 44 heavy (non-hydrogen) atoms. The van der Waals surface area contributed by atoms with Crippen molar-refractivity contribution in [3.05, 3.63) is 85.3 Å². The third-order valence-corrected chi connectivity index (χ3v) is 7.36. The number of benzene rings is 3. The Morgan fingerprint density at radius 1 is 0.864 bits per heavy atom. The fraction of sp³-hybridized carbons (Fsp3) is 0.154. The van der Waals surface area contributed by atoms with E-state index in [0.29, 0.717) is 34.2 Å². The number of non-ortho nitro benzene ring substituents is 2. The minimum absolute atomic E-state index is 0.101. The first kappa shape index (κ1) is 26.6. The van der Waals surface area contributed by atoms with Gasteiger partial charge in [0.05, 0.1) is 26.6 Å². The van der Waals surface area contributed by atoms with Crippen LogP contribution in [0.15, 0.2) is 54.6 Å². The van der Waals surface area contributed by atoms with Gasteiger partial charge in [0, 0.05) is 30.7 Å². The van der Waals surface area contributed by atoms with Crippen LogP contribution in [0, 0.1) is 20.2 Å². The second kappa shape index (κ2) is 9.91. The molecule has 2 aliphatic rings. The number of nitrogens with zero attached hydrogens (tertiary/aromatic N) is 9. The number of aromatic nitrogens is 6. The molecular weight excluding hydrogens is 576 g/mol. The summed E-state index contributed by atoms with van der Waals surface area (Å²) in [6, 6.07) is 13.8. The standard InChI is InChI=1S/C26H20N12O6/c39-24(13-34-22-5-3-18(37(41)42)10-20(22)28-32-34)30-27-17-2-1-16-12-26(8-7-15(16)9-17)31-36(26)25(40)14-35-23-6-4-19(38(43)44)11-21(23)29-33-35/h1-7,9-12,27,31H,8,13-14H2,(H,30,39). The summed E-state index contributed by atoms with van der Waals surface area (Å²) in [6.45, 7) is -0.259. The first-order valence-corrected chi connectivity index (χ1v) is 13.1. The van der Waals surface area contributed by atoms with Crippen molar-refractivity contribution in [2.75, 3.05) is 5.43 Å². The zero-order valence-electron chi connectivity index (χ0n) is 22.4. The maximum Gasteiger partial charge on any atom is 0.271 e. The van der Waals surface area contributed by atoms with Crippen molar-refractivity contribution in [2.24, 2.45) is 0 Å². The number of nitro benzene ring substituents is 2. The van der Waals surface area contributed by atoms with Crippen LogP contribution >= 0.6 is 0 Å². The molecule has 3 N–H and O–H groups in total. The van der Waals surface area contributed by atoms with Crippen LogP contribution < -0.4 is 26.7 Å². The number of nitro groups is 2. The van der Waals surface area contributed by atoms with Crippen molar-refractivity contribution in [1.82, 2.24) is 45.8 Å². The maximum atomic E-state index is 13.1. The van der Waals surface area contributed by atoms with Gasteiger partial charge in [-0.3, -0.25) is 40.7 Å². The van der Waals surface area contributed by atoms with Gasteiger partial charge in [0.25, 0.3) is 23.2 Å². The third kappa shape index (κ3) is 4.69. The lowest BCUT2D eigenvalue weighted by Crippen LogP contribution is -2.37. The molecule has 1 spiro atoms. The van der Waals surface area contributed by atoms with Crippen LogP contribution in [0.2, 0.25) is 0 Å². The van der Waals surface area contributed by atoms with Gasteiger partial charge in [-0.05, 0) is 40.8 Å². The first-order valence-electron chi connectivity index (χ1n) is 13.1. The molecule has 0 radical (unpaired) electrons. The van der Waals surface area contributed by atoms with Crippen LogP contribution in [-0.2, 0) is 22.7 Å². The third-order valence-electron chi connectivity index (χ3n) is 7.36. The number of hydrazine groups is 2. The zero-order chi connectivity index (χ0) is 30.6. The number of anilines is 1. The van der Waals surface area contributed by atoms with E-state index in [9.17, 15) is 29.8 Å². The average molecular weight is 597 g/mol. The quantitative estimate of drug-likeness (QED) is 0.121. The normalized spacial score (nSPS) is 16.7. The van der Waals surface area contributed by atoms with Gasteiger partial charge in [-0.25, -0.2) is 14.4 Å². The zero-order valence-corrected chi connectivity index (χ0v) is 22.4. The largest absolute Gasteiger partial charge is 0.299 e. The Morgan fingerprint density at radius 3 is 2.14 bits per heavy atom. The van der Waals surface area contributed by atoms with E-state index in [1.54, 1.807) is 6.07 Å². The minimum Gasteiger partial charge on any atom is -0.299 e. The highest BCUT2D eigenvalue weighted by atomic mass is 16.6. The molecular formula is C26H20N12O6. The predicted octanol–water partition coefficient (Wildman–Crippen LogP) is -0.156. The molecule has 3 aromatic carbocycles.